The second-order valence-electron chi connectivity index (χ2n) is 4.54. The summed E-state index contributed by atoms with van der Waals surface area (Å²) >= 11 is 0. The Labute approximate surface area is 120 Å². The van der Waals surface area contributed by atoms with Gasteiger partial charge in [0.05, 0.1) is 12.5 Å². The third-order valence-electron chi connectivity index (χ3n) is 3.19. The summed E-state index contributed by atoms with van der Waals surface area (Å²) in [6.07, 6.45) is 3.27. The van der Waals surface area contributed by atoms with Crippen LogP contribution < -0.4 is 0 Å². The maximum Gasteiger partial charge on any atom is 0.192 e. The highest BCUT2D eigenvalue weighted by Crippen LogP contribution is 2.24. The van der Waals surface area contributed by atoms with Gasteiger partial charge in [0.15, 0.2) is 17.4 Å². The monoisotopic (exact) mass is 277 g/mol. The lowest BCUT2D eigenvalue weighted by Crippen LogP contribution is -1.81. The third kappa shape index (κ3) is 2.14. The standard InChI is InChI=1S/C16H11N3O2/c1-3-13(20-9-1)11-5-7-12(8-6-11)15-17-16(19-18-15)14-4-2-10-21-14/h1-10H,(H,17,18,19). The molecule has 0 radical (unpaired) electrons. The second kappa shape index (κ2) is 4.79. The molecule has 0 spiro atoms. The molecule has 0 amide bonds. The van der Waals surface area contributed by atoms with Gasteiger partial charge in [0.25, 0.3) is 0 Å². The van der Waals surface area contributed by atoms with Crippen molar-refractivity contribution in [3.05, 3.63) is 61.1 Å². The van der Waals surface area contributed by atoms with Crippen LogP contribution in [-0.4, -0.2) is 15.2 Å². The minimum Gasteiger partial charge on any atom is -0.464 e. The predicted octanol–water partition coefficient (Wildman–Crippen LogP) is 3.99. The van der Waals surface area contributed by atoms with Crippen molar-refractivity contribution in [2.75, 3.05) is 0 Å². The lowest BCUT2D eigenvalue weighted by Gasteiger charge is -1.98. The van der Waals surface area contributed by atoms with Gasteiger partial charge < -0.3 is 8.83 Å². The number of nitrogens with zero attached hydrogens (tertiary/aromatic N) is 2. The number of rotatable bonds is 3. The first kappa shape index (κ1) is 11.7. The maximum absolute atomic E-state index is 5.37. The summed E-state index contributed by atoms with van der Waals surface area (Å²) in [4.78, 5) is 4.43. The molecule has 0 fully saturated rings. The number of nitrogens with one attached hydrogen (secondary N) is 1. The van der Waals surface area contributed by atoms with Crippen LogP contribution in [0.1, 0.15) is 0 Å². The highest BCUT2D eigenvalue weighted by atomic mass is 16.3. The fourth-order valence-corrected chi connectivity index (χ4v) is 2.14. The van der Waals surface area contributed by atoms with Crippen LogP contribution in [0, 0.1) is 0 Å². The van der Waals surface area contributed by atoms with Gasteiger partial charge in [-0.1, -0.05) is 24.3 Å². The van der Waals surface area contributed by atoms with E-state index in [0.717, 1.165) is 16.9 Å². The van der Waals surface area contributed by atoms with Crippen LogP contribution in [-0.2, 0) is 0 Å². The molecule has 102 valence electrons. The Bertz CT molecular complexity index is 828. The topological polar surface area (TPSA) is 67.8 Å². The van der Waals surface area contributed by atoms with Gasteiger partial charge in [0.1, 0.15) is 5.76 Å². The van der Waals surface area contributed by atoms with Crippen molar-refractivity contribution < 1.29 is 8.83 Å². The average Bonchev–Trinajstić information content (AvgIpc) is 3.27. The molecule has 0 aliphatic rings. The smallest absolute Gasteiger partial charge is 0.192 e. The molecular formula is C16H11N3O2. The van der Waals surface area contributed by atoms with Crippen LogP contribution in [0.15, 0.2) is 69.9 Å². The second-order valence-corrected chi connectivity index (χ2v) is 4.54. The summed E-state index contributed by atoms with van der Waals surface area (Å²) in [5, 5.41) is 7.09. The molecule has 0 saturated heterocycles. The van der Waals surface area contributed by atoms with Gasteiger partial charge in [-0.05, 0) is 24.3 Å². The van der Waals surface area contributed by atoms with Crippen LogP contribution in [0.5, 0.6) is 0 Å². The number of H-pyrrole nitrogens is 1. The summed E-state index contributed by atoms with van der Waals surface area (Å²) in [6.45, 7) is 0. The molecule has 0 bridgehead atoms. The maximum atomic E-state index is 5.37. The van der Waals surface area contributed by atoms with Crippen molar-refractivity contribution >= 4 is 0 Å². The summed E-state index contributed by atoms with van der Waals surface area (Å²) in [5.41, 5.74) is 1.95. The molecule has 1 aromatic carbocycles. The number of hydrogen-bond acceptors (Lipinski definition) is 4. The van der Waals surface area contributed by atoms with E-state index in [-0.39, 0.29) is 0 Å². The molecule has 5 heteroatoms. The molecule has 0 atom stereocenters. The fraction of sp³-hybridized carbons (Fsp3) is 0. The molecule has 4 rings (SSSR count). The van der Waals surface area contributed by atoms with Gasteiger partial charge in [0, 0.05) is 11.1 Å². The van der Waals surface area contributed by atoms with E-state index in [1.54, 1.807) is 12.5 Å². The van der Waals surface area contributed by atoms with Crippen LogP contribution in [0.4, 0.5) is 0 Å². The number of furan rings is 2. The molecule has 5 nitrogen and oxygen atoms in total. The van der Waals surface area contributed by atoms with E-state index >= 15 is 0 Å². The van der Waals surface area contributed by atoms with Crippen LogP contribution in [0.25, 0.3) is 34.3 Å². The lowest BCUT2D eigenvalue weighted by molar-refractivity contribution is 0.577. The summed E-state index contributed by atoms with van der Waals surface area (Å²) in [7, 11) is 0. The van der Waals surface area contributed by atoms with Crippen molar-refractivity contribution in [3.8, 4) is 34.3 Å². The largest absolute Gasteiger partial charge is 0.464 e. The van der Waals surface area contributed by atoms with Crippen LogP contribution in [0.3, 0.4) is 0 Å². The molecule has 0 aliphatic carbocycles. The van der Waals surface area contributed by atoms with Crippen molar-refractivity contribution in [1.82, 2.24) is 15.2 Å². The highest BCUT2D eigenvalue weighted by Gasteiger charge is 2.10. The first-order valence-electron chi connectivity index (χ1n) is 6.51. The van der Waals surface area contributed by atoms with E-state index in [2.05, 4.69) is 15.2 Å². The Hall–Kier alpha value is -3.08. The van der Waals surface area contributed by atoms with Crippen LogP contribution in [0.2, 0.25) is 0 Å². The van der Waals surface area contributed by atoms with Gasteiger partial charge in [0.2, 0.25) is 0 Å². The molecule has 21 heavy (non-hydrogen) atoms. The normalized spacial score (nSPS) is 10.9. The molecule has 0 aliphatic heterocycles. The fourth-order valence-electron chi connectivity index (χ4n) is 2.14. The molecule has 3 heterocycles. The van der Waals surface area contributed by atoms with Gasteiger partial charge >= 0.3 is 0 Å². The van der Waals surface area contributed by atoms with E-state index in [1.165, 1.54) is 0 Å². The SMILES string of the molecule is c1coc(-c2ccc(-c3n[nH]c(-c4ccco4)n3)cc2)c1. The molecule has 1 N–H and O–H groups in total. The summed E-state index contributed by atoms with van der Waals surface area (Å²) in [6, 6.07) is 15.3. The first-order chi connectivity index (χ1) is 10.4. The minimum atomic E-state index is 0.616. The van der Waals surface area contributed by atoms with Crippen molar-refractivity contribution in [2.45, 2.75) is 0 Å². The Kier molecular flexibility index (Phi) is 2.67. The van der Waals surface area contributed by atoms with Crippen molar-refractivity contribution in [2.24, 2.45) is 0 Å². The Morgan fingerprint density at radius 3 is 2.10 bits per heavy atom. The molecule has 4 aromatic rings. The molecule has 0 saturated carbocycles. The van der Waals surface area contributed by atoms with E-state index in [0.29, 0.717) is 17.4 Å². The lowest BCUT2D eigenvalue weighted by atomic mass is 10.1. The number of aromatic amines is 1. The van der Waals surface area contributed by atoms with E-state index in [1.807, 2.05) is 48.5 Å². The quantitative estimate of drug-likeness (QED) is 0.614. The Morgan fingerprint density at radius 1 is 0.762 bits per heavy atom. The zero-order valence-electron chi connectivity index (χ0n) is 11.0. The van der Waals surface area contributed by atoms with Crippen molar-refractivity contribution in [1.29, 1.82) is 0 Å². The zero-order valence-corrected chi connectivity index (χ0v) is 11.0. The highest BCUT2D eigenvalue weighted by molar-refractivity contribution is 5.65. The van der Waals surface area contributed by atoms with Crippen molar-refractivity contribution in [3.63, 3.8) is 0 Å². The average molecular weight is 277 g/mol. The Balaban J connectivity index is 1.65. The molecule has 3 aromatic heterocycles. The predicted molar refractivity (Wildman–Crippen MR) is 77.2 cm³/mol. The third-order valence-corrected chi connectivity index (χ3v) is 3.19. The number of hydrogen-bond donors (Lipinski definition) is 1. The van der Waals surface area contributed by atoms with Gasteiger partial charge in [-0.3, -0.25) is 5.10 Å². The zero-order chi connectivity index (χ0) is 14.1. The number of benzene rings is 1. The first-order valence-corrected chi connectivity index (χ1v) is 6.51. The summed E-state index contributed by atoms with van der Waals surface area (Å²) in [5.74, 6) is 2.76. The van der Waals surface area contributed by atoms with Crippen LogP contribution >= 0.6 is 0 Å². The summed E-state index contributed by atoms with van der Waals surface area (Å²) < 4.78 is 10.7. The number of aromatic nitrogens is 3. The Morgan fingerprint density at radius 2 is 1.43 bits per heavy atom. The van der Waals surface area contributed by atoms with Gasteiger partial charge in [-0.15, -0.1) is 0 Å². The minimum absolute atomic E-state index is 0.616. The molecule has 0 unspecified atom stereocenters. The molecular weight excluding hydrogens is 266 g/mol. The van der Waals surface area contributed by atoms with Gasteiger partial charge in [-0.25, -0.2) is 4.98 Å². The van der Waals surface area contributed by atoms with E-state index < -0.39 is 0 Å². The van der Waals surface area contributed by atoms with Gasteiger partial charge in [-0.2, -0.15) is 5.10 Å². The van der Waals surface area contributed by atoms with E-state index in [4.69, 9.17) is 8.83 Å². The van der Waals surface area contributed by atoms with E-state index in [9.17, 15) is 0 Å².